The number of carbonyl (C=O) groups excluding carboxylic acids is 2. The Morgan fingerprint density at radius 1 is 1.04 bits per heavy atom. The van der Waals surface area contributed by atoms with Crippen LogP contribution in [0.3, 0.4) is 0 Å². The summed E-state index contributed by atoms with van der Waals surface area (Å²) in [4.78, 5) is 25.6. The van der Waals surface area contributed by atoms with E-state index in [1.54, 1.807) is 24.3 Å². The second-order valence-electron chi connectivity index (χ2n) is 7.34. The maximum atomic E-state index is 13.8. The number of imide groups is 1. The molecule has 1 aliphatic heterocycles. The molecule has 0 saturated carbocycles. The van der Waals surface area contributed by atoms with Crippen molar-refractivity contribution in [1.82, 2.24) is 10.2 Å². The van der Waals surface area contributed by atoms with Gasteiger partial charge in [-0.05, 0) is 28.7 Å². The normalized spacial score (nSPS) is 16.3. The lowest BCUT2D eigenvalue weighted by molar-refractivity contribution is -0.123. The molecule has 0 unspecified atom stereocenters. The van der Waals surface area contributed by atoms with Gasteiger partial charge in [-0.1, -0.05) is 63.2 Å². The summed E-state index contributed by atoms with van der Waals surface area (Å²) in [5.74, 6) is -0.901. The molecule has 1 saturated heterocycles. The van der Waals surface area contributed by atoms with Crippen LogP contribution in [-0.2, 0) is 16.8 Å². The molecule has 2 aromatic carbocycles. The van der Waals surface area contributed by atoms with Gasteiger partial charge >= 0.3 is 6.03 Å². The third-order valence-corrected chi connectivity index (χ3v) is 4.34. The molecule has 26 heavy (non-hydrogen) atoms. The number of nitrogens with one attached hydrogen (secondary N) is 1. The van der Waals surface area contributed by atoms with Gasteiger partial charge in [0.2, 0.25) is 0 Å². The Kier molecular flexibility index (Phi) is 4.64. The van der Waals surface area contributed by atoms with Gasteiger partial charge in [0, 0.05) is 5.56 Å². The molecule has 3 amide bonds. The first-order chi connectivity index (χ1) is 12.3. The van der Waals surface area contributed by atoms with Crippen LogP contribution in [0.5, 0.6) is 0 Å². The first-order valence-electron chi connectivity index (χ1n) is 8.44. The number of halogens is 1. The molecule has 0 radical (unpaired) electrons. The van der Waals surface area contributed by atoms with Crippen LogP contribution in [0.15, 0.2) is 54.2 Å². The Morgan fingerprint density at radius 3 is 2.31 bits per heavy atom. The molecule has 1 aliphatic rings. The van der Waals surface area contributed by atoms with Gasteiger partial charge in [0.15, 0.2) is 0 Å². The van der Waals surface area contributed by atoms with Crippen LogP contribution >= 0.6 is 0 Å². The minimum absolute atomic E-state index is 0.0413. The number of hydrogen-bond acceptors (Lipinski definition) is 2. The SMILES string of the molecule is CC(C)(C)c1ccc(/C=C2\NC(=O)N(Cc3ccccc3F)C2=O)cc1. The van der Waals surface area contributed by atoms with Crippen molar-refractivity contribution in [3.8, 4) is 0 Å². The average molecular weight is 352 g/mol. The van der Waals surface area contributed by atoms with Gasteiger partial charge in [0.1, 0.15) is 11.5 Å². The number of carbonyl (C=O) groups is 2. The molecule has 1 fully saturated rings. The fourth-order valence-electron chi connectivity index (χ4n) is 2.76. The second-order valence-corrected chi connectivity index (χ2v) is 7.34. The molecule has 0 spiro atoms. The Labute approximate surface area is 152 Å². The molecule has 0 aromatic heterocycles. The van der Waals surface area contributed by atoms with Gasteiger partial charge in [-0.3, -0.25) is 9.69 Å². The van der Waals surface area contributed by atoms with Crippen molar-refractivity contribution >= 4 is 18.0 Å². The highest BCUT2D eigenvalue weighted by Crippen LogP contribution is 2.23. The molecule has 0 atom stereocenters. The zero-order valence-corrected chi connectivity index (χ0v) is 15.0. The van der Waals surface area contributed by atoms with E-state index in [1.807, 2.05) is 24.3 Å². The standard InChI is InChI=1S/C21H21FN2O2/c1-21(2,3)16-10-8-14(9-11-16)12-18-19(25)24(20(26)23-18)13-15-6-4-5-7-17(15)22/h4-12H,13H2,1-3H3,(H,23,26)/b18-12-. The highest BCUT2D eigenvalue weighted by Gasteiger charge is 2.33. The van der Waals surface area contributed by atoms with Crippen LogP contribution in [0.1, 0.15) is 37.5 Å². The van der Waals surface area contributed by atoms with E-state index in [0.717, 1.165) is 10.5 Å². The summed E-state index contributed by atoms with van der Waals surface area (Å²) in [6.07, 6.45) is 1.63. The third kappa shape index (κ3) is 3.67. The Bertz CT molecular complexity index is 880. The van der Waals surface area contributed by atoms with Gasteiger partial charge in [-0.15, -0.1) is 0 Å². The lowest BCUT2D eigenvalue weighted by atomic mass is 9.87. The largest absolute Gasteiger partial charge is 0.329 e. The molecule has 4 nitrogen and oxygen atoms in total. The molecule has 1 N–H and O–H groups in total. The molecule has 1 heterocycles. The number of benzene rings is 2. The zero-order valence-electron chi connectivity index (χ0n) is 15.0. The molecule has 5 heteroatoms. The summed E-state index contributed by atoms with van der Waals surface area (Å²) in [7, 11) is 0. The highest BCUT2D eigenvalue weighted by atomic mass is 19.1. The van der Waals surface area contributed by atoms with E-state index < -0.39 is 17.8 Å². The fraction of sp³-hybridized carbons (Fsp3) is 0.238. The predicted octanol–water partition coefficient (Wildman–Crippen LogP) is 4.22. The van der Waals surface area contributed by atoms with E-state index in [4.69, 9.17) is 0 Å². The van der Waals surface area contributed by atoms with Crippen LogP contribution in [-0.4, -0.2) is 16.8 Å². The maximum Gasteiger partial charge on any atom is 0.329 e. The van der Waals surface area contributed by atoms with Crippen LogP contribution < -0.4 is 5.32 Å². The van der Waals surface area contributed by atoms with Gasteiger partial charge in [-0.2, -0.15) is 0 Å². The molecule has 134 valence electrons. The Morgan fingerprint density at radius 2 is 1.69 bits per heavy atom. The molecule has 2 aromatic rings. The van der Waals surface area contributed by atoms with Crippen molar-refractivity contribution in [3.05, 3.63) is 76.7 Å². The number of amides is 3. The third-order valence-electron chi connectivity index (χ3n) is 4.34. The van der Waals surface area contributed by atoms with Gasteiger partial charge in [0.05, 0.1) is 6.54 Å². The van der Waals surface area contributed by atoms with Crippen molar-refractivity contribution in [3.63, 3.8) is 0 Å². The summed E-state index contributed by atoms with van der Waals surface area (Å²) < 4.78 is 13.8. The maximum absolute atomic E-state index is 13.8. The number of urea groups is 1. The predicted molar refractivity (Wildman–Crippen MR) is 98.6 cm³/mol. The Balaban J connectivity index is 1.80. The number of rotatable bonds is 3. The summed E-state index contributed by atoms with van der Waals surface area (Å²) in [6.45, 7) is 6.28. The van der Waals surface area contributed by atoms with E-state index >= 15 is 0 Å². The van der Waals surface area contributed by atoms with Crippen molar-refractivity contribution in [2.45, 2.75) is 32.7 Å². The quantitative estimate of drug-likeness (QED) is 0.664. The monoisotopic (exact) mass is 352 g/mol. The van der Waals surface area contributed by atoms with E-state index in [0.29, 0.717) is 5.56 Å². The fourth-order valence-corrected chi connectivity index (χ4v) is 2.76. The minimum atomic E-state index is -0.546. The average Bonchev–Trinajstić information content (AvgIpc) is 2.84. The van der Waals surface area contributed by atoms with Gasteiger partial charge < -0.3 is 5.32 Å². The summed E-state index contributed by atoms with van der Waals surface area (Å²) in [6, 6.07) is 13.4. The number of nitrogens with zero attached hydrogens (tertiary/aromatic N) is 1. The molecule has 0 aliphatic carbocycles. The molecule has 0 bridgehead atoms. The first kappa shape index (κ1) is 17.9. The van der Waals surface area contributed by atoms with Gasteiger partial charge in [-0.25, -0.2) is 9.18 Å². The van der Waals surface area contributed by atoms with Crippen LogP contribution in [0.25, 0.3) is 6.08 Å². The highest BCUT2D eigenvalue weighted by molar-refractivity contribution is 6.13. The van der Waals surface area contributed by atoms with Crippen LogP contribution in [0, 0.1) is 5.82 Å². The smallest absolute Gasteiger partial charge is 0.303 e. The van der Waals surface area contributed by atoms with E-state index in [-0.39, 0.29) is 17.7 Å². The second kappa shape index (κ2) is 6.75. The van der Waals surface area contributed by atoms with E-state index in [1.165, 1.54) is 11.6 Å². The summed E-state index contributed by atoms with van der Waals surface area (Å²) in [5.41, 5.74) is 2.53. The summed E-state index contributed by atoms with van der Waals surface area (Å²) in [5, 5.41) is 2.56. The first-order valence-corrected chi connectivity index (χ1v) is 8.44. The lowest BCUT2D eigenvalue weighted by Crippen LogP contribution is -2.30. The lowest BCUT2D eigenvalue weighted by Gasteiger charge is -2.18. The van der Waals surface area contributed by atoms with Crippen molar-refractivity contribution in [2.75, 3.05) is 0 Å². The van der Waals surface area contributed by atoms with E-state index in [2.05, 4.69) is 26.1 Å². The van der Waals surface area contributed by atoms with Gasteiger partial charge in [0.25, 0.3) is 5.91 Å². The van der Waals surface area contributed by atoms with Crippen molar-refractivity contribution < 1.29 is 14.0 Å². The number of hydrogen-bond donors (Lipinski definition) is 1. The minimum Gasteiger partial charge on any atom is -0.303 e. The van der Waals surface area contributed by atoms with Crippen molar-refractivity contribution in [2.24, 2.45) is 0 Å². The summed E-state index contributed by atoms with van der Waals surface area (Å²) >= 11 is 0. The Hall–Kier alpha value is -2.95. The van der Waals surface area contributed by atoms with Crippen LogP contribution in [0.2, 0.25) is 0 Å². The molecular weight excluding hydrogens is 331 g/mol. The topological polar surface area (TPSA) is 49.4 Å². The zero-order chi connectivity index (χ0) is 18.9. The van der Waals surface area contributed by atoms with Crippen LogP contribution in [0.4, 0.5) is 9.18 Å². The van der Waals surface area contributed by atoms with Crippen molar-refractivity contribution in [1.29, 1.82) is 0 Å². The van der Waals surface area contributed by atoms with E-state index in [9.17, 15) is 14.0 Å². The molecule has 3 rings (SSSR count). The molecular formula is C21H21FN2O2.